The second-order valence-electron chi connectivity index (χ2n) is 8.56. The van der Waals surface area contributed by atoms with Crippen molar-refractivity contribution in [2.45, 2.75) is 45.9 Å². The van der Waals surface area contributed by atoms with E-state index >= 15 is 0 Å². The number of rotatable bonds is 7. The van der Waals surface area contributed by atoms with Gasteiger partial charge in [0.25, 0.3) is 0 Å². The first kappa shape index (κ1) is 23.2. The predicted octanol–water partition coefficient (Wildman–Crippen LogP) is 4.44. The van der Waals surface area contributed by atoms with Crippen molar-refractivity contribution in [3.63, 3.8) is 0 Å². The third kappa shape index (κ3) is 5.81. The van der Waals surface area contributed by atoms with Gasteiger partial charge in [-0.1, -0.05) is 36.4 Å². The summed E-state index contributed by atoms with van der Waals surface area (Å²) in [5.41, 5.74) is 2.61. The van der Waals surface area contributed by atoms with Gasteiger partial charge >= 0.3 is 12.1 Å². The Bertz CT molecular complexity index is 1080. The van der Waals surface area contributed by atoms with E-state index in [2.05, 4.69) is 22.0 Å². The van der Waals surface area contributed by atoms with Crippen LogP contribution in [0.15, 0.2) is 54.6 Å². The average Bonchev–Trinajstić information content (AvgIpc) is 3.06. The van der Waals surface area contributed by atoms with E-state index in [0.717, 1.165) is 23.1 Å². The minimum absolute atomic E-state index is 0.0817. The molecule has 1 aromatic heterocycles. The lowest BCUT2D eigenvalue weighted by molar-refractivity contribution is -0.148. The summed E-state index contributed by atoms with van der Waals surface area (Å²) in [5, 5.41) is 3.46. The number of hydrogen-bond acceptors (Lipinski definition) is 5. The SMILES string of the molecule is COC(=O)C(CNC(=O)OC(C)(C)C)Oc1cccc2c1cc(C)n2Cc1ccccc1. The third-order valence-corrected chi connectivity index (χ3v) is 4.86. The molecule has 0 saturated carbocycles. The van der Waals surface area contributed by atoms with Crippen LogP contribution in [0.1, 0.15) is 32.0 Å². The van der Waals surface area contributed by atoms with Gasteiger partial charge in [0.15, 0.2) is 0 Å². The number of nitrogens with one attached hydrogen (secondary N) is 1. The topological polar surface area (TPSA) is 78.8 Å². The average molecular weight is 439 g/mol. The van der Waals surface area contributed by atoms with E-state index in [0.29, 0.717) is 5.75 Å². The fourth-order valence-corrected chi connectivity index (χ4v) is 3.42. The second kappa shape index (κ2) is 9.77. The summed E-state index contributed by atoms with van der Waals surface area (Å²) in [6.07, 6.45) is -1.64. The van der Waals surface area contributed by atoms with E-state index in [1.807, 2.05) is 43.3 Å². The molecule has 1 N–H and O–H groups in total. The number of hydrogen-bond donors (Lipinski definition) is 1. The van der Waals surface area contributed by atoms with E-state index in [-0.39, 0.29) is 6.54 Å². The monoisotopic (exact) mass is 438 g/mol. The van der Waals surface area contributed by atoms with Crippen LogP contribution in [0, 0.1) is 6.92 Å². The number of benzene rings is 2. The second-order valence-corrected chi connectivity index (χ2v) is 8.56. The van der Waals surface area contributed by atoms with Gasteiger partial charge in [0.1, 0.15) is 11.4 Å². The fraction of sp³-hybridized carbons (Fsp3) is 0.360. The van der Waals surface area contributed by atoms with Crippen LogP contribution >= 0.6 is 0 Å². The molecule has 0 fully saturated rings. The maximum atomic E-state index is 12.3. The Labute approximate surface area is 188 Å². The molecule has 7 nitrogen and oxygen atoms in total. The number of alkyl carbamates (subject to hydrolysis) is 1. The lowest BCUT2D eigenvalue weighted by Crippen LogP contribution is -2.42. The molecule has 3 aromatic rings. The normalized spacial score (nSPS) is 12.3. The van der Waals surface area contributed by atoms with Crippen molar-refractivity contribution in [2.24, 2.45) is 0 Å². The zero-order valence-corrected chi connectivity index (χ0v) is 19.2. The third-order valence-electron chi connectivity index (χ3n) is 4.86. The standard InChI is InChI=1S/C25H30N2O5/c1-17-14-19-20(27(17)16-18-10-7-6-8-11-18)12-9-13-21(19)31-22(23(28)30-5)15-26-24(29)32-25(2,3)4/h6-14,22H,15-16H2,1-5H3,(H,26,29). The van der Waals surface area contributed by atoms with Gasteiger partial charge in [-0.2, -0.15) is 0 Å². The number of methoxy groups -OCH3 is 1. The lowest BCUT2D eigenvalue weighted by atomic mass is 10.2. The van der Waals surface area contributed by atoms with Crippen LogP contribution in [0.25, 0.3) is 10.9 Å². The summed E-state index contributed by atoms with van der Waals surface area (Å²) < 4.78 is 18.3. The van der Waals surface area contributed by atoms with E-state index < -0.39 is 23.8 Å². The number of aromatic nitrogens is 1. The maximum Gasteiger partial charge on any atom is 0.407 e. The van der Waals surface area contributed by atoms with Gasteiger partial charge in [0.2, 0.25) is 6.10 Å². The van der Waals surface area contributed by atoms with E-state index in [4.69, 9.17) is 14.2 Å². The van der Waals surface area contributed by atoms with Gasteiger partial charge in [0.05, 0.1) is 19.2 Å². The molecule has 32 heavy (non-hydrogen) atoms. The zero-order valence-electron chi connectivity index (χ0n) is 19.2. The summed E-state index contributed by atoms with van der Waals surface area (Å²) in [5.74, 6) is -0.0442. The predicted molar refractivity (Wildman–Crippen MR) is 123 cm³/mol. The minimum Gasteiger partial charge on any atom is -0.476 e. The molecule has 1 amide bonds. The van der Waals surface area contributed by atoms with Crippen molar-refractivity contribution in [2.75, 3.05) is 13.7 Å². The molecule has 1 atom stereocenters. The first-order valence-corrected chi connectivity index (χ1v) is 10.5. The van der Waals surface area contributed by atoms with Crippen molar-refractivity contribution in [3.05, 3.63) is 65.9 Å². The van der Waals surface area contributed by atoms with E-state index in [9.17, 15) is 9.59 Å². The van der Waals surface area contributed by atoms with Crippen molar-refractivity contribution in [1.29, 1.82) is 0 Å². The number of esters is 1. The first-order valence-electron chi connectivity index (χ1n) is 10.5. The van der Waals surface area contributed by atoms with Gasteiger partial charge in [-0.15, -0.1) is 0 Å². The number of amides is 1. The van der Waals surface area contributed by atoms with Crippen molar-refractivity contribution >= 4 is 23.0 Å². The highest BCUT2D eigenvalue weighted by atomic mass is 16.6. The number of nitrogens with zero attached hydrogens (tertiary/aromatic N) is 1. The Hall–Kier alpha value is -3.48. The number of carbonyl (C=O) groups is 2. The molecule has 3 rings (SSSR count). The smallest absolute Gasteiger partial charge is 0.407 e. The summed E-state index contributed by atoms with van der Waals surface area (Å²) in [6.45, 7) is 7.98. The van der Waals surface area contributed by atoms with Crippen LogP contribution in [-0.2, 0) is 20.8 Å². The highest BCUT2D eigenvalue weighted by molar-refractivity contribution is 5.88. The van der Waals surface area contributed by atoms with Gasteiger partial charge in [0, 0.05) is 17.6 Å². The Balaban J connectivity index is 1.83. The molecule has 0 aliphatic carbocycles. The number of aryl methyl sites for hydroxylation is 1. The molecule has 0 spiro atoms. The van der Waals surface area contributed by atoms with Crippen molar-refractivity contribution in [1.82, 2.24) is 9.88 Å². The molecule has 0 radical (unpaired) electrons. The molecule has 0 aliphatic heterocycles. The fourth-order valence-electron chi connectivity index (χ4n) is 3.42. The van der Waals surface area contributed by atoms with Crippen LogP contribution in [0.5, 0.6) is 5.75 Å². The maximum absolute atomic E-state index is 12.3. The van der Waals surface area contributed by atoms with Crippen LogP contribution in [0.3, 0.4) is 0 Å². The Morgan fingerprint density at radius 3 is 2.44 bits per heavy atom. The summed E-state index contributed by atoms with van der Waals surface area (Å²) in [7, 11) is 1.28. The van der Waals surface area contributed by atoms with Crippen LogP contribution in [-0.4, -0.2) is 42.0 Å². The van der Waals surface area contributed by atoms with Crippen molar-refractivity contribution in [3.8, 4) is 5.75 Å². The molecular formula is C25H30N2O5. The van der Waals surface area contributed by atoms with E-state index in [1.54, 1.807) is 26.8 Å². The largest absolute Gasteiger partial charge is 0.476 e. The number of fused-ring (bicyclic) bond motifs is 1. The summed E-state index contributed by atoms with van der Waals surface area (Å²) >= 11 is 0. The molecule has 0 aliphatic rings. The van der Waals surface area contributed by atoms with Crippen LogP contribution in [0.2, 0.25) is 0 Å². The van der Waals surface area contributed by atoms with Gasteiger partial charge in [-0.25, -0.2) is 9.59 Å². The number of ether oxygens (including phenoxy) is 3. The van der Waals surface area contributed by atoms with E-state index in [1.165, 1.54) is 12.7 Å². The Morgan fingerprint density at radius 1 is 1.06 bits per heavy atom. The molecule has 0 saturated heterocycles. The molecular weight excluding hydrogens is 408 g/mol. The quantitative estimate of drug-likeness (QED) is 0.552. The van der Waals surface area contributed by atoms with Gasteiger partial charge in [-0.05, 0) is 51.5 Å². The molecule has 7 heteroatoms. The summed E-state index contributed by atoms with van der Waals surface area (Å²) in [4.78, 5) is 24.3. The summed E-state index contributed by atoms with van der Waals surface area (Å²) in [6, 6.07) is 17.9. The Morgan fingerprint density at radius 2 is 1.78 bits per heavy atom. The Kier molecular flexibility index (Phi) is 7.08. The first-order chi connectivity index (χ1) is 15.2. The molecule has 0 bridgehead atoms. The highest BCUT2D eigenvalue weighted by Crippen LogP contribution is 2.30. The van der Waals surface area contributed by atoms with Gasteiger partial charge < -0.3 is 24.1 Å². The molecule has 1 unspecified atom stereocenters. The minimum atomic E-state index is -1.02. The van der Waals surface area contributed by atoms with Crippen LogP contribution in [0.4, 0.5) is 4.79 Å². The van der Waals surface area contributed by atoms with Crippen molar-refractivity contribution < 1.29 is 23.8 Å². The molecule has 2 aromatic carbocycles. The van der Waals surface area contributed by atoms with Crippen LogP contribution < -0.4 is 10.1 Å². The molecule has 170 valence electrons. The number of carbonyl (C=O) groups excluding carboxylic acids is 2. The highest BCUT2D eigenvalue weighted by Gasteiger charge is 2.25. The lowest BCUT2D eigenvalue weighted by Gasteiger charge is -2.22. The zero-order chi connectivity index (χ0) is 23.3. The van der Waals surface area contributed by atoms with Gasteiger partial charge in [-0.3, -0.25) is 0 Å². The molecule has 1 heterocycles.